The molecular weight excluding hydrogens is 251 g/mol. The van der Waals surface area contributed by atoms with Crippen molar-refractivity contribution in [2.75, 3.05) is 0 Å². The number of nitrogens with zero attached hydrogens (tertiary/aromatic N) is 3. The van der Waals surface area contributed by atoms with Gasteiger partial charge in [0.15, 0.2) is 0 Å². The van der Waals surface area contributed by atoms with E-state index in [4.69, 9.17) is 0 Å². The molecule has 14 heavy (non-hydrogen) atoms. The number of hydrogen-bond acceptors (Lipinski definition) is 3. The van der Waals surface area contributed by atoms with Gasteiger partial charge in [-0.2, -0.15) is 0 Å². The maximum Gasteiger partial charge on any atom is 3.00 e. The maximum absolute atomic E-state index is 4.43. The van der Waals surface area contributed by atoms with E-state index in [1.54, 1.807) is 0 Å². The van der Waals surface area contributed by atoms with Crippen LogP contribution < -0.4 is 0 Å². The summed E-state index contributed by atoms with van der Waals surface area (Å²) in [7, 11) is 0. The van der Waals surface area contributed by atoms with E-state index in [0.717, 1.165) is 28.0 Å². The summed E-state index contributed by atoms with van der Waals surface area (Å²) in [6, 6.07) is 2.02. The van der Waals surface area contributed by atoms with Crippen LogP contribution in [0, 0.1) is 27.1 Å². The molecule has 0 aromatic carbocycles. The molecule has 2 heterocycles. The van der Waals surface area contributed by atoms with Gasteiger partial charge in [-0.15, -0.1) is 0 Å². The Hall–Kier alpha value is -0.406. The predicted octanol–water partition coefficient (Wildman–Crippen LogP) is 1.75. The van der Waals surface area contributed by atoms with Crippen LogP contribution in [0.4, 0.5) is 0 Å². The van der Waals surface area contributed by atoms with Crippen LogP contribution in [0.2, 0.25) is 0 Å². The fourth-order valence-corrected chi connectivity index (χ4v) is 1.25. The molecular formula is C10H10N3Y+2. The van der Waals surface area contributed by atoms with Gasteiger partial charge in [0.05, 0.1) is 0 Å². The molecule has 0 aliphatic heterocycles. The molecule has 2 aromatic rings. The van der Waals surface area contributed by atoms with Gasteiger partial charge in [0.1, 0.15) is 0 Å². The number of fused-ring (bicyclic) bond motifs is 1. The van der Waals surface area contributed by atoms with Gasteiger partial charge in [0.25, 0.3) is 0 Å². The Morgan fingerprint density at radius 1 is 1.07 bits per heavy atom. The Morgan fingerprint density at radius 2 is 1.79 bits per heavy atom. The van der Waals surface area contributed by atoms with Crippen LogP contribution in [-0.4, -0.2) is 15.0 Å². The van der Waals surface area contributed by atoms with Gasteiger partial charge < -0.3 is 9.97 Å². The second-order valence-corrected chi connectivity index (χ2v) is 3.17. The fourth-order valence-electron chi connectivity index (χ4n) is 1.25. The normalized spacial score (nSPS) is 9.93. The summed E-state index contributed by atoms with van der Waals surface area (Å²) in [4.78, 5) is 12.5. The minimum absolute atomic E-state index is 0. The molecule has 0 bridgehead atoms. The Balaban J connectivity index is 0.000000980. The first-order valence-electron chi connectivity index (χ1n) is 4.17. The number of aryl methyl sites for hydroxylation is 3. The van der Waals surface area contributed by atoms with Gasteiger partial charge in [0.2, 0.25) is 0 Å². The van der Waals surface area contributed by atoms with E-state index in [1.807, 2.05) is 26.8 Å². The van der Waals surface area contributed by atoms with Gasteiger partial charge in [-0.3, -0.25) is 4.98 Å². The third kappa shape index (κ3) is 1.99. The first-order valence-corrected chi connectivity index (χ1v) is 4.17. The molecule has 2 aromatic heterocycles. The smallest absolute Gasteiger partial charge is 0.369 e. The van der Waals surface area contributed by atoms with E-state index in [1.165, 1.54) is 0 Å². The van der Waals surface area contributed by atoms with Crippen molar-refractivity contribution in [3.63, 3.8) is 0 Å². The second-order valence-electron chi connectivity index (χ2n) is 3.17. The molecule has 0 unspecified atom stereocenters. The standard InChI is InChI=1S/C10H10N3.Y/c1-6-4-9-10(13-7(6)2)8(3)11-5-12-9;/h4H,1-3H3;/q-1;+3. The van der Waals surface area contributed by atoms with Crippen LogP contribution in [0.25, 0.3) is 11.0 Å². The molecule has 0 N–H and O–H groups in total. The van der Waals surface area contributed by atoms with Crippen LogP contribution in [-0.2, 0) is 32.7 Å². The van der Waals surface area contributed by atoms with Crippen molar-refractivity contribution in [1.29, 1.82) is 0 Å². The molecule has 0 fully saturated rings. The van der Waals surface area contributed by atoms with Crippen LogP contribution in [0.5, 0.6) is 0 Å². The average Bonchev–Trinajstić information content (AvgIpc) is 2.09. The van der Waals surface area contributed by atoms with Crippen molar-refractivity contribution in [2.24, 2.45) is 0 Å². The zero-order valence-corrected chi connectivity index (χ0v) is 11.3. The predicted molar refractivity (Wildman–Crippen MR) is 50.4 cm³/mol. The SMILES string of the molecule is Cc1cc2n[c-]nc(C)c2nc1C.[Y+3]. The van der Waals surface area contributed by atoms with Crippen molar-refractivity contribution < 1.29 is 32.7 Å². The summed E-state index contributed by atoms with van der Waals surface area (Å²) in [6.45, 7) is 5.94. The molecule has 0 aliphatic rings. The third-order valence-electron chi connectivity index (χ3n) is 2.18. The van der Waals surface area contributed by atoms with E-state index >= 15 is 0 Å². The second kappa shape index (κ2) is 4.41. The molecule has 0 spiro atoms. The molecule has 0 aliphatic carbocycles. The first kappa shape index (κ1) is 11.7. The summed E-state index contributed by atoms with van der Waals surface area (Å²) in [5.74, 6) is 0. The molecule has 3 nitrogen and oxygen atoms in total. The Labute approximate surface area is 108 Å². The minimum atomic E-state index is 0. The van der Waals surface area contributed by atoms with Gasteiger partial charge in [0, 0.05) is 17.5 Å². The molecule has 0 atom stereocenters. The third-order valence-corrected chi connectivity index (χ3v) is 2.18. The Morgan fingerprint density at radius 3 is 2.50 bits per heavy atom. The van der Waals surface area contributed by atoms with Crippen LogP contribution >= 0.6 is 0 Å². The summed E-state index contributed by atoms with van der Waals surface area (Å²) in [6.07, 6.45) is 2.61. The van der Waals surface area contributed by atoms with Crippen LogP contribution in [0.15, 0.2) is 6.07 Å². The van der Waals surface area contributed by atoms with Gasteiger partial charge in [-0.05, 0) is 30.6 Å². The Kier molecular flexibility index (Phi) is 3.67. The van der Waals surface area contributed by atoms with E-state index in [-0.39, 0.29) is 32.7 Å². The maximum atomic E-state index is 4.43. The van der Waals surface area contributed by atoms with E-state index in [0.29, 0.717) is 0 Å². The first-order chi connectivity index (χ1) is 6.18. The number of aromatic nitrogens is 3. The van der Waals surface area contributed by atoms with E-state index in [2.05, 4.69) is 21.3 Å². The average molecular weight is 261 g/mol. The molecule has 4 heteroatoms. The molecule has 2 rings (SSSR count). The van der Waals surface area contributed by atoms with Crippen LogP contribution in [0.3, 0.4) is 0 Å². The Bertz CT molecular complexity index is 468. The topological polar surface area (TPSA) is 38.7 Å². The molecule has 66 valence electrons. The van der Waals surface area contributed by atoms with Gasteiger partial charge in [-0.1, -0.05) is 13.0 Å². The number of hydrogen-bond donors (Lipinski definition) is 0. The fraction of sp³-hybridized carbons (Fsp3) is 0.300. The van der Waals surface area contributed by atoms with E-state index < -0.39 is 0 Å². The monoisotopic (exact) mass is 261 g/mol. The minimum Gasteiger partial charge on any atom is -0.369 e. The summed E-state index contributed by atoms with van der Waals surface area (Å²) < 4.78 is 0. The molecule has 0 saturated heterocycles. The van der Waals surface area contributed by atoms with E-state index in [9.17, 15) is 0 Å². The zero-order valence-electron chi connectivity index (χ0n) is 8.50. The van der Waals surface area contributed by atoms with Crippen molar-refractivity contribution >= 4 is 11.0 Å². The largest absolute Gasteiger partial charge is 3.00 e. The number of rotatable bonds is 0. The molecule has 0 amide bonds. The molecule has 0 radical (unpaired) electrons. The van der Waals surface area contributed by atoms with Crippen LogP contribution in [0.1, 0.15) is 17.0 Å². The van der Waals surface area contributed by atoms with Crippen molar-refractivity contribution in [3.8, 4) is 0 Å². The summed E-state index contributed by atoms with van der Waals surface area (Å²) in [5, 5.41) is 0. The van der Waals surface area contributed by atoms with Gasteiger partial charge >= 0.3 is 32.7 Å². The quantitative estimate of drug-likeness (QED) is 0.678. The zero-order chi connectivity index (χ0) is 9.42. The van der Waals surface area contributed by atoms with Crippen molar-refractivity contribution in [1.82, 2.24) is 15.0 Å². The van der Waals surface area contributed by atoms with Gasteiger partial charge in [-0.25, -0.2) is 0 Å². The summed E-state index contributed by atoms with van der Waals surface area (Å²) in [5.41, 5.74) is 4.81. The molecule has 0 saturated carbocycles. The number of pyridine rings is 1. The summed E-state index contributed by atoms with van der Waals surface area (Å²) >= 11 is 0. The van der Waals surface area contributed by atoms with Crippen molar-refractivity contribution in [3.05, 3.63) is 29.3 Å². The van der Waals surface area contributed by atoms with Crippen molar-refractivity contribution in [2.45, 2.75) is 20.8 Å².